The van der Waals surface area contributed by atoms with Gasteiger partial charge >= 0.3 is 6.18 Å². The molecule has 0 saturated carbocycles. The number of aromatic nitrogens is 4. The summed E-state index contributed by atoms with van der Waals surface area (Å²) >= 11 is 0. The Hall–Kier alpha value is -4.65. The van der Waals surface area contributed by atoms with Crippen LogP contribution in [-0.4, -0.2) is 70.9 Å². The molecule has 1 amide bonds. The Morgan fingerprint density at radius 1 is 1.12 bits per heavy atom. The molecule has 0 bridgehead atoms. The van der Waals surface area contributed by atoms with E-state index in [1.165, 1.54) is 19.4 Å². The Bertz CT molecular complexity index is 1520. The molecule has 0 atom stereocenters. The highest BCUT2D eigenvalue weighted by molar-refractivity contribution is 6.00. The van der Waals surface area contributed by atoms with Crippen molar-refractivity contribution in [2.75, 3.05) is 45.0 Å². The molecule has 210 valence electrons. The fourth-order valence-electron chi connectivity index (χ4n) is 3.84. The SMILES string of the molecule is C=CC(=O)Nc1cc(Nc2nccc(-c3nc4ccccc4n3CC(F)(F)F)n2)c(OC)cc1OCCN(C)C. The smallest absolute Gasteiger partial charge is 0.406 e. The number of ether oxygens (including phenoxy) is 2. The fourth-order valence-corrected chi connectivity index (χ4v) is 3.84. The number of amides is 1. The summed E-state index contributed by atoms with van der Waals surface area (Å²) in [6.07, 6.45) is -1.93. The monoisotopic (exact) mass is 555 g/mol. The molecule has 0 aliphatic rings. The number of carbonyl (C=O) groups is 1. The van der Waals surface area contributed by atoms with Crippen LogP contribution in [0.5, 0.6) is 11.5 Å². The third-order valence-corrected chi connectivity index (χ3v) is 5.66. The van der Waals surface area contributed by atoms with Crippen molar-refractivity contribution in [3.8, 4) is 23.0 Å². The van der Waals surface area contributed by atoms with Crippen LogP contribution >= 0.6 is 0 Å². The summed E-state index contributed by atoms with van der Waals surface area (Å²) < 4.78 is 52.8. The summed E-state index contributed by atoms with van der Waals surface area (Å²) in [5.74, 6) is 0.392. The quantitative estimate of drug-likeness (QED) is 0.253. The van der Waals surface area contributed by atoms with Crippen LogP contribution in [0, 0.1) is 0 Å². The summed E-state index contributed by atoms with van der Waals surface area (Å²) in [5, 5.41) is 5.73. The molecule has 13 heteroatoms. The summed E-state index contributed by atoms with van der Waals surface area (Å²) in [7, 11) is 5.27. The molecule has 2 aromatic heterocycles. The van der Waals surface area contributed by atoms with Gasteiger partial charge in [-0.2, -0.15) is 13.2 Å². The molecule has 2 N–H and O–H groups in total. The number of methoxy groups -OCH3 is 1. The maximum Gasteiger partial charge on any atom is 0.406 e. The molecule has 0 fully saturated rings. The summed E-state index contributed by atoms with van der Waals surface area (Å²) in [6, 6.07) is 11.2. The molecule has 0 spiro atoms. The molecule has 40 heavy (non-hydrogen) atoms. The number of nitrogens with one attached hydrogen (secondary N) is 2. The van der Waals surface area contributed by atoms with Crippen LogP contribution in [0.3, 0.4) is 0 Å². The van der Waals surface area contributed by atoms with Gasteiger partial charge in [0.2, 0.25) is 11.9 Å². The van der Waals surface area contributed by atoms with E-state index in [2.05, 4.69) is 32.2 Å². The molecule has 0 unspecified atom stereocenters. The van der Waals surface area contributed by atoms with Crippen LogP contribution in [-0.2, 0) is 11.3 Å². The number of alkyl halides is 3. The lowest BCUT2D eigenvalue weighted by Gasteiger charge is -2.18. The first-order chi connectivity index (χ1) is 19.1. The third-order valence-electron chi connectivity index (χ3n) is 5.66. The maximum atomic E-state index is 13.4. The zero-order valence-corrected chi connectivity index (χ0v) is 22.1. The van der Waals surface area contributed by atoms with Gasteiger partial charge in [-0.1, -0.05) is 18.7 Å². The van der Waals surface area contributed by atoms with Gasteiger partial charge in [0, 0.05) is 18.8 Å². The zero-order chi connectivity index (χ0) is 28.9. The zero-order valence-electron chi connectivity index (χ0n) is 22.1. The predicted octanol–water partition coefficient (Wildman–Crippen LogP) is 4.87. The topological polar surface area (TPSA) is 106 Å². The van der Waals surface area contributed by atoms with E-state index in [0.717, 1.165) is 10.6 Å². The maximum absolute atomic E-state index is 13.4. The second-order valence-electron chi connectivity index (χ2n) is 8.91. The average molecular weight is 556 g/mol. The number of anilines is 3. The van der Waals surface area contributed by atoms with E-state index in [4.69, 9.17) is 9.47 Å². The molecule has 10 nitrogen and oxygen atoms in total. The molecule has 4 rings (SSSR count). The second-order valence-corrected chi connectivity index (χ2v) is 8.91. The number of benzene rings is 2. The van der Waals surface area contributed by atoms with E-state index >= 15 is 0 Å². The Kier molecular flexibility index (Phi) is 8.53. The number of hydrogen-bond donors (Lipinski definition) is 2. The minimum Gasteiger partial charge on any atom is -0.494 e. The molecule has 0 aliphatic heterocycles. The highest BCUT2D eigenvalue weighted by Gasteiger charge is 2.31. The van der Waals surface area contributed by atoms with E-state index < -0.39 is 18.6 Å². The van der Waals surface area contributed by atoms with Crippen LogP contribution in [0.1, 0.15) is 0 Å². The first-order valence-electron chi connectivity index (χ1n) is 12.1. The fraction of sp³-hybridized carbons (Fsp3) is 0.259. The number of fused-ring (bicyclic) bond motifs is 1. The van der Waals surface area contributed by atoms with Gasteiger partial charge in [-0.15, -0.1) is 0 Å². The number of likely N-dealkylation sites (N-methyl/N-ethyl adjacent to an activating group) is 1. The molecule has 4 aromatic rings. The first-order valence-corrected chi connectivity index (χ1v) is 12.1. The highest BCUT2D eigenvalue weighted by Crippen LogP contribution is 2.38. The Morgan fingerprint density at radius 2 is 1.90 bits per heavy atom. The standard InChI is InChI=1S/C27H28F3N7O3/c1-5-24(38)32-20-14-19(22(39-4)15-23(20)40-13-12-36(2)3)35-26-31-11-10-18(34-26)25-33-17-8-6-7-9-21(17)37(25)16-27(28,29)30/h5-11,14-15H,1,12-13,16H2,2-4H3,(H,32,38)(H,31,34,35). The van der Waals surface area contributed by atoms with Gasteiger partial charge in [-0.25, -0.2) is 15.0 Å². The van der Waals surface area contributed by atoms with Crippen LogP contribution in [0.2, 0.25) is 0 Å². The molecular formula is C27H28F3N7O3. The van der Waals surface area contributed by atoms with Crippen molar-refractivity contribution < 1.29 is 27.4 Å². The number of imidazole rings is 1. The van der Waals surface area contributed by atoms with Crippen LogP contribution in [0.15, 0.2) is 61.3 Å². The van der Waals surface area contributed by atoms with Crippen molar-refractivity contribution >= 4 is 34.3 Å². The van der Waals surface area contributed by atoms with Crippen molar-refractivity contribution in [3.63, 3.8) is 0 Å². The second kappa shape index (κ2) is 12.0. The van der Waals surface area contributed by atoms with Gasteiger partial charge < -0.3 is 29.6 Å². The number of halogens is 3. The van der Waals surface area contributed by atoms with Crippen LogP contribution in [0.4, 0.5) is 30.5 Å². The van der Waals surface area contributed by atoms with Crippen molar-refractivity contribution in [3.05, 3.63) is 61.3 Å². The van der Waals surface area contributed by atoms with E-state index in [1.807, 2.05) is 19.0 Å². The largest absolute Gasteiger partial charge is 0.494 e. The molecule has 2 aromatic carbocycles. The Morgan fingerprint density at radius 3 is 2.60 bits per heavy atom. The minimum atomic E-state index is -4.47. The summed E-state index contributed by atoms with van der Waals surface area (Å²) in [5.41, 5.74) is 1.64. The molecular weight excluding hydrogens is 527 g/mol. The van der Waals surface area contributed by atoms with Crippen molar-refractivity contribution in [2.45, 2.75) is 12.7 Å². The first kappa shape index (κ1) is 28.4. The van der Waals surface area contributed by atoms with Gasteiger partial charge in [0.25, 0.3) is 0 Å². The van der Waals surface area contributed by atoms with Gasteiger partial charge in [0.05, 0.1) is 29.5 Å². The molecule has 2 heterocycles. The van der Waals surface area contributed by atoms with E-state index in [9.17, 15) is 18.0 Å². The van der Waals surface area contributed by atoms with E-state index in [1.54, 1.807) is 36.4 Å². The summed E-state index contributed by atoms with van der Waals surface area (Å²) in [4.78, 5) is 27.1. The average Bonchev–Trinajstić information content (AvgIpc) is 3.26. The van der Waals surface area contributed by atoms with Gasteiger partial charge in [-0.3, -0.25) is 4.79 Å². The highest BCUT2D eigenvalue weighted by atomic mass is 19.4. The van der Waals surface area contributed by atoms with Crippen molar-refractivity contribution in [2.24, 2.45) is 0 Å². The number of rotatable bonds is 11. The Balaban J connectivity index is 1.71. The molecule has 0 aliphatic carbocycles. The lowest BCUT2D eigenvalue weighted by atomic mass is 10.2. The number of para-hydroxylation sites is 2. The normalized spacial score (nSPS) is 11.5. The van der Waals surface area contributed by atoms with Gasteiger partial charge in [0.1, 0.15) is 30.3 Å². The summed E-state index contributed by atoms with van der Waals surface area (Å²) in [6.45, 7) is 3.24. The Labute approximate surface area is 228 Å². The van der Waals surface area contributed by atoms with Gasteiger partial charge in [0.15, 0.2) is 5.82 Å². The predicted molar refractivity (Wildman–Crippen MR) is 146 cm³/mol. The van der Waals surface area contributed by atoms with Crippen LogP contribution < -0.4 is 20.1 Å². The van der Waals surface area contributed by atoms with Crippen molar-refractivity contribution in [1.82, 2.24) is 24.4 Å². The molecule has 0 radical (unpaired) electrons. The number of carbonyl (C=O) groups excluding carboxylic acids is 1. The number of hydrogen-bond acceptors (Lipinski definition) is 8. The molecule has 0 saturated heterocycles. The van der Waals surface area contributed by atoms with Gasteiger partial charge in [-0.05, 0) is 44.4 Å². The van der Waals surface area contributed by atoms with Crippen molar-refractivity contribution in [1.29, 1.82) is 0 Å². The minimum absolute atomic E-state index is 0.0412. The third kappa shape index (κ3) is 6.86. The lowest BCUT2D eigenvalue weighted by molar-refractivity contribution is -0.139. The van der Waals surface area contributed by atoms with E-state index in [0.29, 0.717) is 47.1 Å². The van der Waals surface area contributed by atoms with Crippen LogP contribution in [0.25, 0.3) is 22.6 Å². The number of nitrogens with zero attached hydrogens (tertiary/aromatic N) is 5. The van der Waals surface area contributed by atoms with E-state index in [-0.39, 0.29) is 17.5 Å². The lowest BCUT2D eigenvalue weighted by Crippen LogP contribution is -2.20.